The third-order valence-electron chi connectivity index (χ3n) is 3.54. The molecule has 0 fully saturated rings. The van der Waals surface area contributed by atoms with Crippen LogP contribution in [0.1, 0.15) is 11.1 Å². The van der Waals surface area contributed by atoms with E-state index in [1.54, 1.807) is 30.1 Å². The Morgan fingerprint density at radius 2 is 2.00 bits per heavy atom. The van der Waals surface area contributed by atoms with Gasteiger partial charge in [0.15, 0.2) is 11.5 Å². The molecule has 0 spiro atoms. The molecule has 0 unspecified atom stereocenters. The zero-order chi connectivity index (χ0) is 16.2. The number of hydrogen-bond donors (Lipinski definition) is 0. The number of nitrogens with zero attached hydrogens (tertiary/aromatic N) is 1. The van der Waals surface area contributed by atoms with Crippen LogP contribution in [0.2, 0.25) is 0 Å². The first kappa shape index (κ1) is 15.1. The van der Waals surface area contributed by atoms with Gasteiger partial charge < -0.3 is 14.4 Å². The Morgan fingerprint density at radius 3 is 2.83 bits per heavy atom. The molecule has 1 aliphatic heterocycles. The Morgan fingerprint density at radius 1 is 1.22 bits per heavy atom. The van der Waals surface area contributed by atoms with E-state index in [0.717, 1.165) is 5.56 Å². The highest BCUT2D eigenvalue weighted by Crippen LogP contribution is 2.32. The molecule has 1 aliphatic rings. The molecule has 0 aromatic heterocycles. The van der Waals surface area contributed by atoms with Gasteiger partial charge in [-0.2, -0.15) is 0 Å². The number of benzene rings is 2. The first-order valence-electron chi connectivity index (χ1n) is 7.20. The maximum atomic E-state index is 13.5. The minimum atomic E-state index is -0.352. The second-order valence-corrected chi connectivity index (χ2v) is 5.24. The minimum Gasteiger partial charge on any atom is -0.454 e. The highest BCUT2D eigenvalue weighted by molar-refractivity contribution is 5.91. The number of rotatable bonds is 4. The molecule has 2 aromatic carbocycles. The first-order chi connectivity index (χ1) is 11.1. The predicted molar refractivity (Wildman–Crippen MR) is 84.5 cm³/mol. The van der Waals surface area contributed by atoms with Gasteiger partial charge in [-0.05, 0) is 29.8 Å². The van der Waals surface area contributed by atoms with Crippen LogP contribution in [0.15, 0.2) is 48.5 Å². The molecule has 5 heteroatoms. The van der Waals surface area contributed by atoms with E-state index in [0.29, 0.717) is 23.6 Å². The molecule has 118 valence electrons. The molecule has 0 aliphatic carbocycles. The van der Waals surface area contributed by atoms with E-state index in [1.165, 1.54) is 18.2 Å². The van der Waals surface area contributed by atoms with Gasteiger partial charge in [0.25, 0.3) is 0 Å². The van der Waals surface area contributed by atoms with Crippen molar-refractivity contribution in [1.82, 2.24) is 4.90 Å². The highest BCUT2D eigenvalue weighted by atomic mass is 19.1. The number of likely N-dealkylation sites (N-methyl/N-ethyl adjacent to an activating group) is 1. The van der Waals surface area contributed by atoms with Gasteiger partial charge in [0.2, 0.25) is 12.7 Å². The average Bonchev–Trinajstić information content (AvgIpc) is 3.01. The Balaban J connectivity index is 1.65. The fraction of sp³-hybridized carbons (Fsp3) is 0.167. The van der Waals surface area contributed by atoms with Crippen molar-refractivity contribution in [1.29, 1.82) is 0 Å². The van der Waals surface area contributed by atoms with Crippen molar-refractivity contribution in [2.75, 3.05) is 13.8 Å². The number of halogens is 1. The van der Waals surface area contributed by atoms with Crippen LogP contribution < -0.4 is 9.47 Å². The van der Waals surface area contributed by atoms with Crippen LogP contribution in [-0.2, 0) is 11.3 Å². The van der Waals surface area contributed by atoms with E-state index in [4.69, 9.17) is 9.47 Å². The van der Waals surface area contributed by atoms with Crippen LogP contribution in [0.4, 0.5) is 4.39 Å². The van der Waals surface area contributed by atoms with Crippen LogP contribution in [-0.4, -0.2) is 24.6 Å². The molecule has 3 rings (SSSR count). The van der Waals surface area contributed by atoms with Gasteiger partial charge in [-0.1, -0.05) is 24.3 Å². The second-order valence-electron chi connectivity index (χ2n) is 5.24. The summed E-state index contributed by atoms with van der Waals surface area (Å²) in [5, 5.41) is 0. The maximum absolute atomic E-state index is 13.5. The number of fused-ring (bicyclic) bond motifs is 1. The van der Waals surface area contributed by atoms with E-state index in [2.05, 4.69) is 0 Å². The first-order valence-corrected chi connectivity index (χ1v) is 7.20. The summed E-state index contributed by atoms with van der Waals surface area (Å²) in [7, 11) is 1.69. The van der Waals surface area contributed by atoms with Crippen molar-refractivity contribution in [3.63, 3.8) is 0 Å². The summed E-state index contributed by atoms with van der Waals surface area (Å²) >= 11 is 0. The fourth-order valence-corrected chi connectivity index (χ4v) is 2.29. The monoisotopic (exact) mass is 313 g/mol. The zero-order valence-corrected chi connectivity index (χ0v) is 12.7. The smallest absolute Gasteiger partial charge is 0.246 e. The summed E-state index contributed by atoms with van der Waals surface area (Å²) in [4.78, 5) is 13.7. The van der Waals surface area contributed by atoms with Crippen molar-refractivity contribution in [3.05, 3.63) is 65.5 Å². The van der Waals surface area contributed by atoms with Crippen molar-refractivity contribution < 1.29 is 18.7 Å². The third-order valence-corrected chi connectivity index (χ3v) is 3.54. The lowest BCUT2D eigenvalue weighted by Gasteiger charge is -2.15. The zero-order valence-electron chi connectivity index (χ0n) is 12.7. The number of carbonyl (C=O) groups is 1. The van der Waals surface area contributed by atoms with E-state index in [-0.39, 0.29) is 18.5 Å². The molecule has 23 heavy (non-hydrogen) atoms. The molecule has 0 bridgehead atoms. The van der Waals surface area contributed by atoms with Gasteiger partial charge in [0, 0.05) is 25.2 Å². The molecule has 2 aromatic rings. The van der Waals surface area contributed by atoms with Gasteiger partial charge in [-0.3, -0.25) is 4.79 Å². The van der Waals surface area contributed by atoms with Gasteiger partial charge in [0.05, 0.1) is 0 Å². The van der Waals surface area contributed by atoms with Gasteiger partial charge in [-0.25, -0.2) is 4.39 Å². The Hall–Kier alpha value is -2.82. The molecule has 0 radical (unpaired) electrons. The molecule has 0 saturated carbocycles. The Bertz CT molecular complexity index is 758. The average molecular weight is 313 g/mol. The molecule has 0 N–H and O–H groups in total. The second kappa shape index (κ2) is 6.52. The van der Waals surface area contributed by atoms with Gasteiger partial charge in [0.1, 0.15) is 5.82 Å². The quantitative estimate of drug-likeness (QED) is 0.814. The molecular weight excluding hydrogens is 297 g/mol. The summed E-state index contributed by atoms with van der Waals surface area (Å²) < 4.78 is 24.1. The molecule has 1 amide bonds. The standard InChI is InChI=1S/C18H16FNO3/c1-20(11-13-6-8-16-17(10-13)23-12-22-16)18(21)9-7-14-4-2-3-5-15(14)19/h2-10H,11-12H2,1H3/b9-7+. The topological polar surface area (TPSA) is 38.8 Å². The minimum absolute atomic E-state index is 0.203. The van der Waals surface area contributed by atoms with Gasteiger partial charge in [-0.15, -0.1) is 0 Å². The summed E-state index contributed by atoms with van der Waals surface area (Å²) in [6, 6.07) is 11.9. The summed E-state index contributed by atoms with van der Waals surface area (Å²) in [5.74, 6) is 0.841. The van der Waals surface area contributed by atoms with Gasteiger partial charge >= 0.3 is 0 Å². The third kappa shape index (κ3) is 3.51. The Labute approximate surface area is 133 Å². The van der Waals surface area contributed by atoms with Crippen molar-refractivity contribution in [2.45, 2.75) is 6.54 Å². The number of hydrogen-bond acceptors (Lipinski definition) is 3. The summed E-state index contributed by atoms with van der Waals surface area (Å²) in [5.41, 5.74) is 1.32. The largest absolute Gasteiger partial charge is 0.454 e. The van der Waals surface area contributed by atoms with Crippen molar-refractivity contribution in [2.24, 2.45) is 0 Å². The maximum Gasteiger partial charge on any atom is 0.246 e. The van der Waals surface area contributed by atoms with Crippen LogP contribution in [0, 0.1) is 5.82 Å². The van der Waals surface area contributed by atoms with E-state index < -0.39 is 0 Å². The van der Waals surface area contributed by atoms with Crippen molar-refractivity contribution >= 4 is 12.0 Å². The summed E-state index contributed by atoms with van der Waals surface area (Å²) in [6.45, 7) is 0.649. The van der Waals surface area contributed by atoms with E-state index in [9.17, 15) is 9.18 Å². The molecule has 0 atom stereocenters. The number of ether oxygens (including phenoxy) is 2. The van der Waals surface area contributed by atoms with Crippen LogP contribution in [0.5, 0.6) is 11.5 Å². The Kier molecular flexibility index (Phi) is 4.28. The van der Waals surface area contributed by atoms with Crippen LogP contribution in [0.25, 0.3) is 6.08 Å². The summed E-state index contributed by atoms with van der Waals surface area (Å²) in [6.07, 6.45) is 2.85. The van der Waals surface area contributed by atoms with E-state index in [1.807, 2.05) is 18.2 Å². The predicted octanol–water partition coefficient (Wildman–Crippen LogP) is 3.23. The van der Waals surface area contributed by atoms with Crippen molar-refractivity contribution in [3.8, 4) is 11.5 Å². The molecular formula is C18H16FNO3. The van der Waals surface area contributed by atoms with Crippen LogP contribution in [0.3, 0.4) is 0 Å². The number of amides is 1. The SMILES string of the molecule is CN(Cc1ccc2c(c1)OCO2)C(=O)/C=C/c1ccccc1F. The van der Waals surface area contributed by atoms with Crippen LogP contribution >= 0.6 is 0 Å². The molecule has 1 heterocycles. The fourth-order valence-electron chi connectivity index (χ4n) is 2.29. The number of carbonyl (C=O) groups excluding carboxylic acids is 1. The normalized spacial score (nSPS) is 12.6. The highest BCUT2D eigenvalue weighted by Gasteiger charge is 2.14. The molecule has 0 saturated heterocycles. The molecule has 4 nitrogen and oxygen atoms in total. The lowest BCUT2D eigenvalue weighted by Crippen LogP contribution is -2.24. The van der Waals surface area contributed by atoms with E-state index >= 15 is 0 Å². The lowest BCUT2D eigenvalue weighted by molar-refractivity contribution is -0.125. The lowest BCUT2D eigenvalue weighted by atomic mass is 10.2.